The lowest BCUT2D eigenvalue weighted by molar-refractivity contribution is -0.135. The Morgan fingerprint density at radius 1 is 1.47 bits per heavy atom. The Hall–Kier alpha value is -0.870. The summed E-state index contributed by atoms with van der Waals surface area (Å²) >= 11 is 1.74. The molecule has 1 saturated heterocycles. The van der Waals surface area contributed by atoms with Crippen molar-refractivity contribution >= 4 is 17.2 Å². The maximum absolute atomic E-state index is 12.8. The third kappa shape index (κ3) is 2.11. The molecular formula is C15H22N2OS. The summed E-state index contributed by atoms with van der Waals surface area (Å²) in [6.07, 6.45) is 5.77. The van der Waals surface area contributed by atoms with Crippen LogP contribution in [0.5, 0.6) is 0 Å². The highest BCUT2D eigenvalue weighted by atomic mass is 32.1. The average molecular weight is 278 g/mol. The Bertz CT molecular complexity index is 453. The third-order valence-electron chi connectivity index (χ3n) is 4.68. The Labute approximate surface area is 119 Å². The Balaban J connectivity index is 1.94. The number of amides is 1. The molecule has 4 heteroatoms. The minimum Gasteiger partial charge on any atom is -0.317 e. The molecule has 19 heavy (non-hydrogen) atoms. The van der Waals surface area contributed by atoms with Gasteiger partial charge in [0, 0.05) is 10.9 Å². The van der Waals surface area contributed by atoms with Gasteiger partial charge in [-0.25, -0.2) is 0 Å². The van der Waals surface area contributed by atoms with Crippen molar-refractivity contribution in [2.45, 2.75) is 63.7 Å². The van der Waals surface area contributed by atoms with Crippen LogP contribution in [0.15, 0.2) is 17.5 Å². The van der Waals surface area contributed by atoms with Gasteiger partial charge in [0.15, 0.2) is 0 Å². The fraction of sp³-hybridized carbons (Fsp3) is 0.667. The maximum Gasteiger partial charge on any atom is 0.244 e. The van der Waals surface area contributed by atoms with E-state index in [1.165, 1.54) is 17.7 Å². The molecule has 1 aromatic heterocycles. The van der Waals surface area contributed by atoms with Crippen molar-refractivity contribution in [1.29, 1.82) is 0 Å². The number of nitrogens with one attached hydrogen (secondary N) is 1. The zero-order valence-electron chi connectivity index (χ0n) is 11.7. The van der Waals surface area contributed by atoms with E-state index in [1.807, 2.05) is 6.92 Å². The maximum atomic E-state index is 12.8. The van der Waals surface area contributed by atoms with E-state index in [0.717, 1.165) is 19.3 Å². The van der Waals surface area contributed by atoms with E-state index in [1.54, 1.807) is 11.3 Å². The number of nitrogens with zero attached hydrogens (tertiary/aromatic N) is 1. The number of hydrogen-bond donors (Lipinski definition) is 1. The van der Waals surface area contributed by atoms with Gasteiger partial charge in [-0.2, -0.15) is 0 Å². The van der Waals surface area contributed by atoms with Gasteiger partial charge in [-0.1, -0.05) is 25.8 Å². The first-order valence-electron chi connectivity index (χ1n) is 7.29. The Morgan fingerprint density at radius 2 is 2.21 bits per heavy atom. The van der Waals surface area contributed by atoms with Gasteiger partial charge in [-0.15, -0.1) is 11.3 Å². The highest BCUT2D eigenvalue weighted by Gasteiger charge is 2.50. The molecule has 1 aliphatic heterocycles. The predicted molar refractivity (Wildman–Crippen MR) is 78.0 cm³/mol. The quantitative estimate of drug-likeness (QED) is 0.920. The summed E-state index contributed by atoms with van der Waals surface area (Å²) in [4.78, 5) is 16.2. The van der Waals surface area contributed by atoms with Crippen LogP contribution in [0.25, 0.3) is 0 Å². The Morgan fingerprint density at radius 3 is 2.79 bits per heavy atom. The van der Waals surface area contributed by atoms with Crippen LogP contribution in [0.3, 0.4) is 0 Å². The molecule has 2 unspecified atom stereocenters. The molecular weight excluding hydrogens is 256 g/mol. The van der Waals surface area contributed by atoms with E-state index in [-0.39, 0.29) is 6.17 Å². The summed E-state index contributed by atoms with van der Waals surface area (Å²) in [5.74, 6) is 0.292. The van der Waals surface area contributed by atoms with Crippen molar-refractivity contribution in [3.05, 3.63) is 22.4 Å². The van der Waals surface area contributed by atoms with Crippen LogP contribution in [0.2, 0.25) is 0 Å². The third-order valence-corrected chi connectivity index (χ3v) is 5.60. The molecule has 1 amide bonds. The summed E-state index contributed by atoms with van der Waals surface area (Å²) in [5, 5.41) is 5.68. The number of carbonyl (C=O) groups is 1. The molecule has 1 aliphatic carbocycles. The summed E-state index contributed by atoms with van der Waals surface area (Å²) < 4.78 is 0. The normalized spacial score (nSPS) is 32.4. The number of hydrogen-bond acceptors (Lipinski definition) is 3. The molecule has 2 fully saturated rings. The van der Waals surface area contributed by atoms with Crippen LogP contribution < -0.4 is 5.32 Å². The molecule has 1 N–H and O–H groups in total. The number of carbonyl (C=O) groups excluding carboxylic acids is 1. The summed E-state index contributed by atoms with van der Waals surface area (Å²) in [7, 11) is 0. The van der Waals surface area contributed by atoms with Crippen LogP contribution in [0.1, 0.15) is 57.0 Å². The van der Waals surface area contributed by atoms with Gasteiger partial charge in [0.2, 0.25) is 5.91 Å². The molecule has 0 spiro atoms. The largest absolute Gasteiger partial charge is 0.317 e. The lowest BCUT2D eigenvalue weighted by atomic mass is 9.99. The summed E-state index contributed by atoms with van der Waals surface area (Å²) in [5.41, 5.74) is -0.392. The van der Waals surface area contributed by atoms with Crippen molar-refractivity contribution in [3.63, 3.8) is 0 Å². The zero-order chi connectivity index (χ0) is 13.5. The van der Waals surface area contributed by atoms with Crippen LogP contribution >= 0.6 is 11.3 Å². The molecule has 1 aromatic rings. The molecule has 2 heterocycles. The fourth-order valence-corrected chi connectivity index (χ4v) is 4.08. The van der Waals surface area contributed by atoms with Gasteiger partial charge in [0.05, 0.1) is 5.54 Å². The fourth-order valence-electron chi connectivity index (χ4n) is 3.30. The zero-order valence-corrected chi connectivity index (χ0v) is 12.5. The highest BCUT2D eigenvalue weighted by molar-refractivity contribution is 7.10. The van der Waals surface area contributed by atoms with Gasteiger partial charge < -0.3 is 4.90 Å². The molecule has 104 valence electrons. The van der Waals surface area contributed by atoms with Crippen molar-refractivity contribution < 1.29 is 4.79 Å². The second-order valence-corrected chi connectivity index (χ2v) is 6.88. The topological polar surface area (TPSA) is 32.3 Å². The Kier molecular flexibility index (Phi) is 3.39. The minimum absolute atomic E-state index is 0.0838. The van der Waals surface area contributed by atoms with Gasteiger partial charge in [0.1, 0.15) is 6.17 Å². The predicted octanol–water partition coefficient (Wildman–Crippen LogP) is 3.29. The molecule has 0 bridgehead atoms. The summed E-state index contributed by atoms with van der Waals surface area (Å²) in [6, 6.07) is 4.64. The molecule has 3 rings (SSSR count). The first kappa shape index (κ1) is 13.1. The highest BCUT2D eigenvalue weighted by Crippen LogP contribution is 2.39. The lowest BCUT2D eigenvalue weighted by Crippen LogP contribution is -2.44. The van der Waals surface area contributed by atoms with Gasteiger partial charge >= 0.3 is 0 Å². The van der Waals surface area contributed by atoms with Crippen molar-refractivity contribution in [2.75, 3.05) is 0 Å². The molecule has 2 atom stereocenters. The second-order valence-electron chi connectivity index (χ2n) is 5.90. The van der Waals surface area contributed by atoms with Crippen LogP contribution in [-0.2, 0) is 4.79 Å². The first-order valence-corrected chi connectivity index (χ1v) is 8.17. The van der Waals surface area contributed by atoms with Crippen molar-refractivity contribution in [3.8, 4) is 0 Å². The average Bonchev–Trinajstić information content (AvgIpc) is 3.12. The van der Waals surface area contributed by atoms with E-state index in [2.05, 4.69) is 34.7 Å². The molecule has 0 aromatic carbocycles. The number of thiophene rings is 1. The minimum atomic E-state index is -0.392. The van der Waals surface area contributed by atoms with E-state index in [4.69, 9.17) is 0 Å². The van der Waals surface area contributed by atoms with Crippen LogP contribution in [-0.4, -0.2) is 22.4 Å². The van der Waals surface area contributed by atoms with Crippen molar-refractivity contribution in [2.24, 2.45) is 0 Å². The molecule has 3 nitrogen and oxygen atoms in total. The van der Waals surface area contributed by atoms with Gasteiger partial charge in [-0.05, 0) is 37.6 Å². The molecule has 0 radical (unpaired) electrons. The second kappa shape index (κ2) is 4.91. The first-order chi connectivity index (χ1) is 9.15. The van der Waals surface area contributed by atoms with Gasteiger partial charge in [-0.3, -0.25) is 10.1 Å². The smallest absolute Gasteiger partial charge is 0.244 e. The standard InChI is InChI=1S/C15H22N2OS/c1-3-15(2)14(18)17(11-7-4-5-8-11)13(16-15)12-9-6-10-19-12/h6,9-11,13,16H,3-5,7-8H2,1-2H3. The number of rotatable bonds is 3. The van der Waals surface area contributed by atoms with E-state index < -0.39 is 5.54 Å². The van der Waals surface area contributed by atoms with E-state index >= 15 is 0 Å². The monoisotopic (exact) mass is 278 g/mol. The van der Waals surface area contributed by atoms with Crippen LogP contribution in [0.4, 0.5) is 0 Å². The lowest BCUT2D eigenvalue weighted by Gasteiger charge is -2.29. The van der Waals surface area contributed by atoms with Crippen molar-refractivity contribution in [1.82, 2.24) is 10.2 Å². The van der Waals surface area contributed by atoms with Gasteiger partial charge in [0.25, 0.3) is 0 Å². The van der Waals surface area contributed by atoms with E-state index in [9.17, 15) is 4.79 Å². The molecule has 2 aliphatic rings. The van der Waals surface area contributed by atoms with Crippen LogP contribution in [0, 0.1) is 0 Å². The SMILES string of the molecule is CCC1(C)NC(c2cccs2)N(C2CCCC2)C1=O. The molecule has 1 saturated carbocycles. The van der Waals surface area contributed by atoms with E-state index in [0.29, 0.717) is 11.9 Å². The summed E-state index contributed by atoms with van der Waals surface area (Å²) in [6.45, 7) is 4.14.